The number of hydrogen-bond donors (Lipinski definition) is 1. The fraction of sp³-hybridized carbons (Fsp3) is 0.556. The zero-order chi connectivity index (χ0) is 17.1. The normalized spacial score (nSPS) is 23.1. The molecular weight excluding hydrogens is 316 g/mol. The van der Waals surface area contributed by atoms with Crippen LogP contribution in [0.15, 0.2) is 31.0 Å². The number of likely N-dealkylation sites (tertiary alicyclic amines) is 1. The average molecular weight is 340 g/mol. The Hall–Kier alpha value is -2.44. The number of carbonyl (C=O) groups excluding carboxylic acids is 1. The number of carbonyl (C=O) groups is 1. The fourth-order valence-corrected chi connectivity index (χ4v) is 4.06. The molecule has 7 heteroatoms. The molecule has 2 aromatic rings. The lowest BCUT2D eigenvalue weighted by molar-refractivity contribution is 0.102. The number of fused-ring (bicyclic) bond motifs is 1. The lowest BCUT2D eigenvalue weighted by atomic mass is 9.75. The van der Waals surface area contributed by atoms with Gasteiger partial charge in [0.15, 0.2) is 5.82 Å². The minimum Gasteiger partial charge on any atom is -0.334 e. The number of pyridine rings is 1. The third kappa shape index (κ3) is 3.65. The summed E-state index contributed by atoms with van der Waals surface area (Å²) in [5, 5.41) is 7.08. The molecule has 1 aliphatic carbocycles. The van der Waals surface area contributed by atoms with E-state index in [-0.39, 0.29) is 6.03 Å². The molecule has 2 fully saturated rings. The lowest BCUT2D eigenvalue weighted by Crippen LogP contribution is -2.48. The molecule has 2 aromatic heterocycles. The number of urea groups is 1. The van der Waals surface area contributed by atoms with E-state index in [0.717, 1.165) is 31.0 Å². The van der Waals surface area contributed by atoms with Crippen molar-refractivity contribution < 1.29 is 4.79 Å². The molecule has 0 radical (unpaired) electrons. The summed E-state index contributed by atoms with van der Waals surface area (Å²) in [6.07, 6.45) is 11.3. The number of nitrogens with one attached hydrogen (secondary N) is 1. The minimum atomic E-state index is 0.0457. The molecule has 2 atom stereocenters. The largest absolute Gasteiger partial charge is 0.334 e. The van der Waals surface area contributed by atoms with E-state index in [2.05, 4.69) is 20.4 Å². The predicted octanol–water partition coefficient (Wildman–Crippen LogP) is 2.38. The van der Waals surface area contributed by atoms with Crippen molar-refractivity contribution in [2.75, 3.05) is 13.1 Å². The van der Waals surface area contributed by atoms with Gasteiger partial charge in [-0.25, -0.2) is 19.4 Å². The molecule has 4 rings (SSSR count). The standard InChI is InChI=1S/C18H24N6O/c25-18(23-8-7-15-3-1-2-4-16(15)11-23)21-10-14-5-6-17(20-9-14)24-13-19-12-22-24/h5-6,9,12-13,15-16H,1-4,7-8,10-11H2,(H,21,25)/t15-,16-/m1/s1. The first-order valence-electron chi connectivity index (χ1n) is 9.12. The van der Waals surface area contributed by atoms with E-state index in [1.165, 1.54) is 32.0 Å². The van der Waals surface area contributed by atoms with Crippen LogP contribution in [0.3, 0.4) is 0 Å². The lowest BCUT2D eigenvalue weighted by Gasteiger charge is -2.41. The van der Waals surface area contributed by atoms with E-state index in [0.29, 0.717) is 18.3 Å². The molecule has 0 spiro atoms. The summed E-state index contributed by atoms with van der Waals surface area (Å²) in [6.45, 7) is 2.30. The molecule has 7 nitrogen and oxygen atoms in total. The van der Waals surface area contributed by atoms with Gasteiger partial charge in [0.05, 0.1) is 0 Å². The molecule has 25 heavy (non-hydrogen) atoms. The summed E-state index contributed by atoms with van der Waals surface area (Å²) in [4.78, 5) is 22.7. The highest BCUT2D eigenvalue weighted by molar-refractivity contribution is 5.74. The molecule has 0 unspecified atom stereocenters. The molecule has 3 heterocycles. The van der Waals surface area contributed by atoms with Crippen LogP contribution in [0.5, 0.6) is 0 Å². The Labute approximate surface area is 147 Å². The molecular formula is C18H24N6O. The van der Waals surface area contributed by atoms with E-state index in [9.17, 15) is 4.79 Å². The van der Waals surface area contributed by atoms with Crippen LogP contribution in [-0.4, -0.2) is 43.8 Å². The van der Waals surface area contributed by atoms with Gasteiger partial charge in [-0.15, -0.1) is 0 Å². The first-order valence-corrected chi connectivity index (χ1v) is 9.12. The highest BCUT2D eigenvalue weighted by Gasteiger charge is 2.32. The molecule has 1 saturated heterocycles. The van der Waals surface area contributed by atoms with Crippen molar-refractivity contribution >= 4 is 6.03 Å². The zero-order valence-corrected chi connectivity index (χ0v) is 14.3. The van der Waals surface area contributed by atoms with Crippen LogP contribution in [0.25, 0.3) is 5.82 Å². The Morgan fingerprint density at radius 1 is 1.20 bits per heavy atom. The maximum atomic E-state index is 12.5. The van der Waals surface area contributed by atoms with Crippen LogP contribution in [0.1, 0.15) is 37.7 Å². The van der Waals surface area contributed by atoms with E-state index in [1.807, 2.05) is 17.0 Å². The maximum absolute atomic E-state index is 12.5. The Bertz CT molecular complexity index is 699. The van der Waals surface area contributed by atoms with E-state index in [1.54, 1.807) is 17.2 Å². The van der Waals surface area contributed by atoms with Crippen molar-refractivity contribution in [3.8, 4) is 5.82 Å². The van der Waals surface area contributed by atoms with E-state index < -0.39 is 0 Å². The second-order valence-corrected chi connectivity index (χ2v) is 7.06. The molecule has 0 aromatic carbocycles. The Balaban J connectivity index is 1.30. The van der Waals surface area contributed by atoms with Gasteiger partial charge in [0, 0.05) is 25.8 Å². The Kier molecular flexibility index (Phi) is 4.63. The first-order chi connectivity index (χ1) is 12.3. The molecule has 2 aliphatic rings. The molecule has 0 bridgehead atoms. The van der Waals surface area contributed by atoms with Crippen molar-refractivity contribution in [3.05, 3.63) is 36.5 Å². The van der Waals surface area contributed by atoms with Crippen LogP contribution in [0, 0.1) is 11.8 Å². The van der Waals surface area contributed by atoms with Gasteiger partial charge in [0.2, 0.25) is 0 Å². The van der Waals surface area contributed by atoms with Crippen LogP contribution < -0.4 is 5.32 Å². The SMILES string of the molecule is O=C(NCc1ccc(-n2cncn2)nc1)N1CC[C@H]2CCCC[C@@H]2C1. The summed E-state index contributed by atoms with van der Waals surface area (Å²) in [5.41, 5.74) is 0.977. The highest BCUT2D eigenvalue weighted by atomic mass is 16.2. The zero-order valence-electron chi connectivity index (χ0n) is 14.3. The van der Waals surface area contributed by atoms with Gasteiger partial charge in [-0.2, -0.15) is 5.10 Å². The Morgan fingerprint density at radius 2 is 2.08 bits per heavy atom. The number of amides is 2. The molecule has 1 N–H and O–H groups in total. The molecule has 132 valence electrons. The van der Waals surface area contributed by atoms with E-state index >= 15 is 0 Å². The van der Waals surface area contributed by atoms with Crippen molar-refractivity contribution in [1.82, 2.24) is 30.0 Å². The summed E-state index contributed by atoms with van der Waals surface area (Å²) in [5.74, 6) is 2.26. The maximum Gasteiger partial charge on any atom is 0.317 e. The topological polar surface area (TPSA) is 75.9 Å². The number of nitrogens with zero attached hydrogens (tertiary/aromatic N) is 5. The number of aromatic nitrogens is 4. The quantitative estimate of drug-likeness (QED) is 0.931. The summed E-state index contributed by atoms with van der Waals surface area (Å²) in [6, 6.07) is 3.88. The second-order valence-electron chi connectivity index (χ2n) is 7.06. The molecule has 1 saturated carbocycles. The number of piperidine rings is 1. The monoisotopic (exact) mass is 340 g/mol. The van der Waals surface area contributed by atoms with Crippen molar-refractivity contribution in [2.45, 2.75) is 38.6 Å². The van der Waals surface area contributed by atoms with Gasteiger partial charge in [0.25, 0.3) is 0 Å². The molecule has 1 aliphatic heterocycles. The summed E-state index contributed by atoms with van der Waals surface area (Å²) >= 11 is 0. The van der Waals surface area contributed by atoms with Crippen LogP contribution in [0.4, 0.5) is 4.79 Å². The van der Waals surface area contributed by atoms with E-state index in [4.69, 9.17) is 0 Å². The van der Waals surface area contributed by atoms with Gasteiger partial charge >= 0.3 is 6.03 Å². The third-order valence-electron chi connectivity index (χ3n) is 5.48. The van der Waals surface area contributed by atoms with Crippen molar-refractivity contribution in [2.24, 2.45) is 11.8 Å². The van der Waals surface area contributed by atoms with Crippen LogP contribution in [0.2, 0.25) is 0 Å². The Morgan fingerprint density at radius 3 is 2.84 bits per heavy atom. The highest BCUT2D eigenvalue weighted by Crippen LogP contribution is 2.35. The van der Waals surface area contributed by atoms with Gasteiger partial charge in [-0.3, -0.25) is 0 Å². The van der Waals surface area contributed by atoms with Gasteiger partial charge in [-0.05, 0) is 36.3 Å². The summed E-state index contributed by atoms with van der Waals surface area (Å²) in [7, 11) is 0. The fourth-order valence-electron chi connectivity index (χ4n) is 4.06. The number of rotatable bonds is 3. The summed E-state index contributed by atoms with van der Waals surface area (Å²) < 4.78 is 1.61. The second kappa shape index (κ2) is 7.21. The number of hydrogen-bond acceptors (Lipinski definition) is 4. The first kappa shape index (κ1) is 16.1. The van der Waals surface area contributed by atoms with Gasteiger partial charge < -0.3 is 10.2 Å². The van der Waals surface area contributed by atoms with Crippen molar-refractivity contribution in [3.63, 3.8) is 0 Å². The third-order valence-corrected chi connectivity index (χ3v) is 5.48. The predicted molar refractivity (Wildman–Crippen MR) is 93.0 cm³/mol. The van der Waals surface area contributed by atoms with Gasteiger partial charge in [0.1, 0.15) is 12.7 Å². The minimum absolute atomic E-state index is 0.0457. The van der Waals surface area contributed by atoms with Crippen molar-refractivity contribution in [1.29, 1.82) is 0 Å². The van der Waals surface area contributed by atoms with Crippen LogP contribution >= 0.6 is 0 Å². The smallest absolute Gasteiger partial charge is 0.317 e. The average Bonchev–Trinajstić information content (AvgIpc) is 3.21. The van der Waals surface area contributed by atoms with Gasteiger partial charge in [-0.1, -0.05) is 25.3 Å². The molecule has 2 amide bonds. The van der Waals surface area contributed by atoms with Crippen LogP contribution in [-0.2, 0) is 6.54 Å².